The lowest BCUT2D eigenvalue weighted by Gasteiger charge is -2.27. The molecule has 2 unspecified atom stereocenters. The van der Waals surface area contributed by atoms with E-state index < -0.39 is 0 Å². The van der Waals surface area contributed by atoms with E-state index in [1.54, 1.807) is 0 Å². The van der Waals surface area contributed by atoms with Gasteiger partial charge in [-0.3, -0.25) is 9.78 Å². The van der Waals surface area contributed by atoms with E-state index in [9.17, 15) is 4.79 Å². The third kappa shape index (κ3) is 2.84. The van der Waals surface area contributed by atoms with Crippen molar-refractivity contribution in [2.45, 2.75) is 45.6 Å². The molecule has 0 bridgehead atoms. The van der Waals surface area contributed by atoms with E-state index in [0.717, 1.165) is 18.0 Å². The van der Waals surface area contributed by atoms with E-state index in [0.29, 0.717) is 12.0 Å². The van der Waals surface area contributed by atoms with E-state index in [4.69, 9.17) is 0 Å². The van der Waals surface area contributed by atoms with Crippen molar-refractivity contribution >= 4 is 5.95 Å². The Morgan fingerprint density at radius 2 is 2.31 bits per heavy atom. The molecule has 0 radical (unpaired) electrons. The fourth-order valence-electron chi connectivity index (χ4n) is 2.41. The SMILES string of the molecule is Cc1cc(=O)[nH]c(NC2CCCC(C)C2)n1. The minimum absolute atomic E-state index is 0.0844. The van der Waals surface area contributed by atoms with E-state index >= 15 is 0 Å². The van der Waals surface area contributed by atoms with E-state index in [1.807, 2.05) is 6.92 Å². The number of anilines is 1. The average molecular weight is 221 g/mol. The molecule has 0 aliphatic heterocycles. The zero-order valence-electron chi connectivity index (χ0n) is 9.92. The van der Waals surface area contributed by atoms with Crippen LogP contribution < -0.4 is 10.9 Å². The molecule has 1 aliphatic rings. The Morgan fingerprint density at radius 1 is 1.50 bits per heavy atom. The number of hydrogen-bond acceptors (Lipinski definition) is 3. The summed E-state index contributed by atoms with van der Waals surface area (Å²) in [6, 6.07) is 1.96. The van der Waals surface area contributed by atoms with Gasteiger partial charge in [0.1, 0.15) is 0 Å². The minimum atomic E-state index is -0.0844. The van der Waals surface area contributed by atoms with Crippen LogP contribution in [0.15, 0.2) is 10.9 Å². The maximum absolute atomic E-state index is 11.3. The number of aromatic nitrogens is 2. The predicted octanol–water partition coefficient (Wildman–Crippen LogP) is 2.07. The van der Waals surface area contributed by atoms with Gasteiger partial charge in [-0.2, -0.15) is 0 Å². The molecule has 1 aromatic heterocycles. The molecule has 2 rings (SSSR count). The summed E-state index contributed by atoms with van der Waals surface area (Å²) < 4.78 is 0. The zero-order chi connectivity index (χ0) is 11.5. The summed E-state index contributed by atoms with van der Waals surface area (Å²) in [5.74, 6) is 1.38. The van der Waals surface area contributed by atoms with Gasteiger partial charge >= 0.3 is 0 Å². The van der Waals surface area contributed by atoms with Gasteiger partial charge in [-0.05, 0) is 25.7 Å². The van der Waals surface area contributed by atoms with Crippen molar-refractivity contribution in [3.63, 3.8) is 0 Å². The highest BCUT2D eigenvalue weighted by Gasteiger charge is 2.19. The van der Waals surface area contributed by atoms with Crippen molar-refractivity contribution in [1.82, 2.24) is 9.97 Å². The molecule has 4 heteroatoms. The summed E-state index contributed by atoms with van der Waals surface area (Å²) >= 11 is 0. The summed E-state index contributed by atoms with van der Waals surface area (Å²) in [6.07, 6.45) is 4.91. The van der Waals surface area contributed by atoms with Crippen molar-refractivity contribution in [3.8, 4) is 0 Å². The van der Waals surface area contributed by atoms with E-state index in [2.05, 4.69) is 22.2 Å². The molecular formula is C12H19N3O. The van der Waals surface area contributed by atoms with Crippen LogP contribution in [0.1, 0.15) is 38.3 Å². The Balaban J connectivity index is 2.05. The Morgan fingerprint density at radius 3 is 3.00 bits per heavy atom. The summed E-state index contributed by atoms with van der Waals surface area (Å²) in [6.45, 7) is 4.12. The fourth-order valence-corrected chi connectivity index (χ4v) is 2.41. The van der Waals surface area contributed by atoms with Gasteiger partial charge in [-0.15, -0.1) is 0 Å². The third-order valence-electron chi connectivity index (χ3n) is 3.15. The third-order valence-corrected chi connectivity index (χ3v) is 3.15. The van der Waals surface area contributed by atoms with Crippen LogP contribution in [0.2, 0.25) is 0 Å². The lowest BCUT2D eigenvalue weighted by atomic mass is 9.87. The summed E-state index contributed by atoms with van der Waals surface area (Å²) in [5, 5.41) is 3.33. The van der Waals surface area contributed by atoms with Crippen LogP contribution in [0.3, 0.4) is 0 Å². The first-order valence-electron chi connectivity index (χ1n) is 5.98. The maximum atomic E-state index is 11.3. The predicted molar refractivity (Wildman–Crippen MR) is 64.6 cm³/mol. The molecule has 2 atom stereocenters. The first kappa shape index (κ1) is 11.2. The number of aromatic amines is 1. The van der Waals surface area contributed by atoms with Crippen LogP contribution in [0.4, 0.5) is 5.95 Å². The van der Waals surface area contributed by atoms with Crippen molar-refractivity contribution in [1.29, 1.82) is 0 Å². The quantitative estimate of drug-likeness (QED) is 0.803. The average Bonchev–Trinajstić information content (AvgIpc) is 2.15. The smallest absolute Gasteiger partial charge is 0.252 e. The molecule has 0 aromatic carbocycles. The Bertz CT molecular complexity index is 413. The normalized spacial score (nSPS) is 25.4. The van der Waals surface area contributed by atoms with Crippen LogP contribution in [0.5, 0.6) is 0 Å². The number of H-pyrrole nitrogens is 1. The van der Waals surface area contributed by atoms with Crippen LogP contribution in [-0.4, -0.2) is 16.0 Å². The number of nitrogens with zero attached hydrogens (tertiary/aromatic N) is 1. The molecule has 1 saturated carbocycles. The van der Waals surface area contributed by atoms with Gasteiger partial charge < -0.3 is 5.32 Å². The molecule has 0 spiro atoms. The van der Waals surface area contributed by atoms with Crippen molar-refractivity contribution < 1.29 is 0 Å². The van der Waals surface area contributed by atoms with Crippen LogP contribution in [0.25, 0.3) is 0 Å². The van der Waals surface area contributed by atoms with Gasteiger partial charge in [0.15, 0.2) is 0 Å². The first-order chi connectivity index (χ1) is 7.63. The standard InChI is InChI=1S/C12H19N3O/c1-8-4-3-5-10(6-8)14-12-13-9(2)7-11(16)15-12/h7-8,10H,3-6H2,1-2H3,(H2,13,14,15,16). The molecule has 0 amide bonds. The summed E-state index contributed by atoms with van der Waals surface area (Å²) in [4.78, 5) is 18.3. The van der Waals surface area contributed by atoms with Gasteiger partial charge in [-0.25, -0.2) is 4.98 Å². The molecule has 16 heavy (non-hydrogen) atoms. The lowest BCUT2D eigenvalue weighted by molar-refractivity contribution is 0.357. The number of hydrogen-bond donors (Lipinski definition) is 2. The molecule has 88 valence electrons. The number of rotatable bonds is 2. The minimum Gasteiger partial charge on any atom is -0.353 e. The fraction of sp³-hybridized carbons (Fsp3) is 0.667. The second-order valence-corrected chi connectivity index (χ2v) is 4.85. The highest BCUT2D eigenvalue weighted by molar-refractivity contribution is 5.26. The molecule has 1 aromatic rings. The Hall–Kier alpha value is -1.32. The van der Waals surface area contributed by atoms with Crippen molar-refractivity contribution in [2.24, 2.45) is 5.92 Å². The van der Waals surface area contributed by atoms with Crippen LogP contribution >= 0.6 is 0 Å². The number of aryl methyl sites for hydroxylation is 1. The lowest BCUT2D eigenvalue weighted by Crippen LogP contribution is -2.28. The van der Waals surface area contributed by atoms with Crippen molar-refractivity contribution in [2.75, 3.05) is 5.32 Å². The van der Waals surface area contributed by atoms with Gasteiger partial charge in [0.05, 0.1) is 0 Å². The largest absolute Gasteiger partial charge is 0.353 e. The monoisotopic (exact) mass is 221 g/mol. The summed E-state index contributed by atoms with van der Waals surface area (Å²) in [7, 11) is 0. The van der Waals surface area contributed by atoms with E-state index in [1.165, 1.54) is 25.3 Å². The molecule has 1 fully saturated rings. The maximum Gasteiger partial charge on any atom is 0.252 e. The molecule has 1 aliphatic carbocycles. The molecular weight excluding hydrogens is 202 g/mol. The molecule has 0 saturated heterocycles. The topological polar surface area (TPSA) is 57.8 Å². The van der Waals surface area contributed by atoms with Gasteiger partial charge in [0, 0.05) is 17.8 Å². The first-order valence-corrected chi connectivity index (χ1v) is 5.98. The van der Waals surface area contributed by atoms with Gasteiger partial charge in [0.2, 0.25) is 5.95 Å². The van der Waals surface area contributed by atoms with Gasteiger partial charge in [0.25, 0.3) is 5.56 Å². The van der Waals surface area contributed by atoms with Crippen LogP contribution in [0, 0.1) is 12.8 Å². The zero-order valence-corrected chi connectivity index (χ0v) is 9.92. The van der Waals surface area contributed by atoms with Crippen LogP contribution in [-0.2, 0) is 0 Å². The molecule has 1 heterocycles. The highest BCUT2D eigenvalue weighted by atomic mass is 16.1. The molecule has 2 N–H and O–H groups in total. The van der Waals surface area contributed by atoms with E-state index in [-0.39, 0.29) is 5.56 Å². The highest BCUT2D eigenvalue weighted by Crippen LogP contribution is 2.25. The van der Waals surface area contributed by atoms with Crippen molar-refractivity contribution in [3.05, 3.63) is 22.1 Å². The summed E-state index contributed by atoms with van der Waals surface area (Å²) in [5.41, 5.74) is 0.675. The Labute approximate surface area is 95.5 Å². The second kappa shape index (κ2) is 4.68. The molecule has 4 nitrogen and oxygen atoms in total. The Kier molecular flexibility index (Phi) is 3.27. The second-order valence-electron chi connectivity index (χ2n) is 4.85. The van der Waals surface area contributed by atoms with Gasteiger partial charge in [-0.1, -0.05) is 19.8 Å². The number of nitrogens with one attached hydrogen (secondary N) is 2.